The van der Waals surface area contributed by atoms with Crippen LogP contribution in [-0.2, 0) is 6.32 Å². The fourth-order valence-electron chi connectivity index (χ4n) is 3.17. The fourth-order valence-corrected chi connectivity index (χ4v) is 3.62. The van der Waals surface area contributed by atoms with Gasteiger partial charge in [0.2, 0.25) is 0 Å². The summed E-state index contributed by atoms with van der Waals surface area (Å²) >= 11 is 0. The Morgan fingerprint density at radius 2 is 2.05 bits per heavy atom. The van der Waals surface area contributed by atoms with E-state index in [4.69, 9.17) is 0 Å². The van der Waals surface area contributed by atoms with Crippen LogP contribution in [0.15, 0.2) is 36.4 Å². The number of benzene rings is 2. The average molecular weight is 284 g/mol. The molecule has 2 nitrogen and oxygen atoms in total. The van der Waals surface area contributed by atoms with E-state index in [1.807, 2.05) is 6.07 Å². The third-order valence-corrected chi connectivity index (χ3v) is 4.59. The van der Waals surface area contributed by atoms with Crippen LogP contribution in [0.4, 0.5) is 0 Å². The van der Waals surface area contributed by atoms with Crippen molar-refractivity contribution in [2.75, 3.05) is 0 Å². The van der Waals surface area contributed by atoms with Gasteiger partial charge in [0, 0.05) is 5.92 Å². The molecular weight excluding hydrogens is 266 g/mol. The van der Waals surface area contributed by atoms with E-state index in [1.54, 1.807) is 6.07 Å². The molecule has 0 radical (unpaired) electrons. The monoisotopic (exact) mass is 284 g/mol. The Balaban J connectivity index is 2.15. The predicted octanol–water partition coefficient (Wildman–Crippen LogP) is 2.41. The van der Waals surface area contributed by atoms with Crippen LogP contribution in [0.2, 0.25) is 6.32 Å². The van der Waals surface area contributed by atoms with Gasteiger partial charge in [-0.05, 0) is 53.7 Å². The fraction of sp³-hybridized carbons (Fsp3) is 0.250. The maximum Gasteiger partial charge on any atom is 0.294 e. The summed E-state index contributed by atoms with van der Waals surface area (Å²) in [5.74, 6) is 0.447. The molecule has 0 saturated carbocycles. The molecule has 3 rings (SSSR count). The minimum Gasteiger partial charge on any atom is -0.508 e. The van der Waals surface area contributed by atoms with E-state index >= 15 is 0 Å². The van der Waals surface area contributed by atoms with Crippen LogP contribution in [0.5, 0.6) is 5.75 Å². The van der Waals surface area contributed by atoms with Crippen molar-refractivity contribution >= 4 is 21.5 Å². The van der Waals surface area contributed by atoms with Crippen LogP contribution >= 0.6 is 9.24 Å². The maximum absolute atomic E-state index is 10.2. The van der Waals surface area contributed by atoms with Crippen LogP contribution in [0.3, 0.4) is 0 Å². The summed E-state index contributed by atoms with van der Waals surface area (Å²) in [6.45, 7) is 1.75. The summed E-state index contributed by atoms with van der Waals surface area (Å²) in [7, 11) is 2.67. The SMILES string of the molecule is Cc1cccc([C@@H]2CB(O)Cc3c(P)cc(O)cc32)c1. The molecule has 0 aliphatic carbocycles. The second-order valence-electron chi connectivity index (χ2n) is 5.66. The third kappa shape index (κ3) is 2.48. The molecule has 2 aromatic rings. The maximum atomic E-state index is 10.2. The Bertz CT molecular complexity index is 657. The molecule has 0 bridgehead atoms. The average Bonchev–Trinajstić information content (AvgIpc) is 2.39. The van der Waals surface area contributed by atoms with Gasteiger partial charge in [-0.2, -0.15) is 0 Å². The number of fused-ring (bicyclic) bond motifs is 1. The van der Waals surface area contributed by atoms with Crippen molar-refractivity contribution < 1.29 is 10.1 Å². The van der Waals surface area contributed by atoms with Crippen molar-refractivity contribution in [3.8, 4) is 5.75 Å². The number of rotatable bonds is 1. The van der Waals surface area contributed by atoms with Crippen molar-refractivity contribution in [2.45, 2.75) is 25.5 Å². The Morgan fingerprint density at radius 3 is 2.80 bits per heavy atom. The van der Waals surface area contributed by atoms with Crippen molar-refractivity contribution in [2.24, 2.45) is 0 Å². The Kier molecular flexibility index (Phi) is 3.58. The second kappa shape index (κ2) is 5.23. The molecule has 0 amide bonds. The molecule has 2 N–H and O–H groups in total. The Labute approximate surface area is 122 Å². The largest absolute Gasteiger partial charge is 0.508 e. The van der Waals surface area contributed by atoms with Crippen molar-refractivity contribution in [3.05, 3.63) is 58.7 Å². The van der Waals surface area contributed by atoms with Gasteiger partial charge in [0.25, 0.3) is 6.92 Å². The zero-order chi connectivity index (χ0) is 14.3. The number of aryl methyl sites for hydroxylation is 1. The lowest BCUT2D eigenvalue weighted by Crippen LogP contribution is -2.30. The van der Waals surface area contributed by atoms with Gasteiger partial charge >= 0.3 is 0 Å². The molecule has 4 heteroatoms. The highest BCUT2D eigenvalue weighted by atomic mass is 31.0. The van der Waals surface area contributed by atoms with Gasteiger partial charge in [0.05, 0.1) is 0 Å². The molecule has 1 heterocycles. The smallest absolute Gasteiger partial charge is 0.294 e. The van der Waals surface area contributed by atoms with E-state index in [0.29, 0.717) is 18.4 Å². The minimum absolute atomic E-state index is 0.153. The van der Waals surface area contributed by atoms with Gasteiger partial charge in [-0.3, -0.25) is 0 Å². The third-order valence-electron chi connectivity index (χ3n) is 4.07. The molecular formula is C16H18BO2P. The molecule has 1 unspecified atom stereocenters. The molecule has 0 spiro atoms. The highest BCUT2D eigenvalue weighted by molar-refractivity contribution is 7.27. The van der Waals surface area contributed by atoms with Crippen LogP contribution in [-0.4, -0.2) is 17.0 Å². The summed E-state index contributed by atoms with van der Waals surface area (Å²) in [6, 6.07) is 12.0. The Morgan fingerprint density at radius 1 is 1.25 bits per heavy atom. The van der Waals surface area contributed by atoms with E-state index in [9.17, 15) is 10.1 Å². The lowest BCUT2D eigenvalue weighted by Gasteiger charge is -2.29. The molecule has 2 aromatic carbocycles. The van der Waals surface area contributed by atoms with E-state index in [2.05, 4.69) is 40.4 Å². The molecule has 0 aromatic heterocycles. The van der Waals surface area contributed by atoms with Crippen molar-refractivity contribution in [1.82, 2.24) is 0 Å². The highest BCUT2D eigenvalue weighted by Crippen LogP contribution is 2.38. The van der Waals surface area contributed by atoms with Crippen LogP contribution in [0.25, 0.3) is 0 Å². The van der Waals surface area contributed by atoms with Crippen LogP contribution in [0.1, 0.15) is 28.2 Å². The van der Waals surface area contributed by atoms with Gasteiger partial charge < -0.3 is 10.1 Å². The summed E-state index contributed by atoms with van der Waals surface area (Å²) in [5, 5.41) is 21.0. The number of phenolic OH excluding ortho intramolecular Hbond substituents is 1. The molecule has 102 valence electrons. The highest BCUT2D eigenvalue weighted by Gasteiger charge is 2.31. The molecule has 1 aliphatic heterocycles. The van der Waals surface area contributed by atoms with Gasteiger partial charge in [0.15, 0.2) is 0 Å². The zero-order valence-electron chi connectivity index (χ0n) is 11.5. The number of phenols is 1. The van der Waals surface area contributed by atoms with Gasteiger partial charge in [-0.1, -0.05) is 29.8 Å². The molecule has 0 fully saturated rings. The van der Waals surface area contributed by atoms with E-state index in [1.165, 1.54) is 11.1 Å². The first kappa shape index (κ1) is 13.7. The zero-order valence-corrected chi connectivity index (χ0v) is 12.7. The summed E-state index contributed by atoms with van der Waals surface area (Å²) in [4.78, 5) is 0. The standard InChI is InChI=1S/C16H18BO2P/c1-10-3-2-4-11(5-10)14-8-17(19)9-15-13(14)6-12(18)7-16(15)20/h2-7,14,18-19H,8-9,20H2,1H3/t14-/m0/s1. The lowest BCUT2D eigenvalue weighted by molar-refractivity contribution is 0.474. The first-order valence-corrected chi connectivity index (χ1v) is 7.48. The molecule has 20 heavy (non-hydrogen) atoms. The minimum atomic E-state index is -0.322. The predicted molar refractivity (Wildman–Crippen MR) is 87.0 cm³/mol. The van der Waals surface area contributed by atoms with Crippen molar-refractivity contribution in [1.29, 1.82) is 0 Å². The van der Waals surface area contributed by atoms with Gasteiger partial charge in [0.1, 0.15) is 5.75 Å². The topological polar surface area (TPSA) is 40.5 Å². The first-order valence-electron chi connectivity index (χ1n) is 6.90. The van der Waals surface area contributed by atoms with E-state index in [0.717, 1.165) is 16.4 Å². The van der Waals surface area contributed by atoms with Gasteiger partial charge in [-0.25, -0.2) is 0 Å². The van der Waals surface area contributed by atoms with Crippen molar-refractivity contribution in [3.63, 3.8) is 0 Å². The van der Waals surface area contributed by atoms with Crippen LogP contribution < -0.4 is 5.30 Å². The Hall–Kier alpha value is -1.31. The lowest BCUT2D eigenvalue weighted by atomic mass is 9.51. The molecule has 1 aliphatic rings. The molecule has 0 saturated heterocycles. The van der Waals surface area contributed by atoms with Crippen LogP contribution in [0, 0.1) is 6.92 Å². The summed E-state index contributed by atoms with van der Waals surface area (Å²) in [6.07, 6.45) is 1.38. The summed E-state index contributed by atoms with van der Waals surface area (Å²) in [5.41, 5.74) is 4.72. The summed E-state index contributed by atoms with van der Waals surface area (Å²) < 4.78 is 0. The second-order valence-corrected chi connectivity index (χ2v) is 6.29. The first-order chi connectivity index (χ1) is 9.54. The van der Waals surface area contributed by atoms with E-state index in [-0.39, 0.29) is 12.8 Å². The molecule has 2 atom stereocenters. The number of aromatic hydroxyl groups is 1. The number of hydrogen-bond donors (Lipinski definition) is 2. The quantitative estimate of drug-likeness (QED) is 0.623. The van der Waals surface area contributed by atoms with E-state index < -0.39 is 0 Å². The normalized spacial score (nSPS) is 17.9. The number of hydrogen-bond acceptors (Lipinski definition) is 2. The van der Waals surface area contributed by atoms with Gasteiger partial charge in [-0.15, -0.1) is 9.24 Å².